The zero-order valence-electron chi connectivity index (χ0n) is 27.8. The molecule has 4 amide bonds. The number of nitrogens with zero attached hydrogens (tertiary/aromatic N) is 1. The first-order chi connectivity index (χ1) is 21.9. The van der Waals surface area contributed by atoms with Crippen molar-refractivity contribution in [2.24, 2.45) is 17.8 Å². The topological polar surface area (TPSA) is 159 Å². The van der Waals surface area contributed by atoms with Crippen LogP contribution in [0.4, 0.5) is 4.79 Å². The monoisotopic (exact) mass is 657 g/mol. The Morgan fingerprint density at radius 2 is 1.57 bits per heavy atom. The number of amides is 4. The molecular weight excluding hydrogens is 606 g/mol. The number of pyridine rings is 1. The van der Waals surface area contributed by atoms with Gasteiger partial charge < -0.3 is 31.1 Å². The van der Waals surface area contributed by atoms with Crippen molar-refractivity contribution in [2.45, 2.75) is 91.3 Å². The predicted molar refractivity (Wildman–Crippen MR) is 181 cm³/mol. The first-order valence-electron chi connectivity index (χ1n) is 15.8. The molecule has 0 aliphatic heterocycles. The van der Waals surface area contributed by atoms with Crippen molar-refractivity contribution in [1.82, 2.24) is 26.3 Å². The van der Waals surface area contributed by atoms with Crippen LogP contribution in [0.5, 0.6) is 0 Å². The molecule has 11 nitrogen and oxygen atoms in total. The zero-order chi connectivity index (χ0) is 34.1. The van der Waals surface area contributed by atoms with Crippen molar-refractivity contribution in [2.75, 3.05) is 12.0 Å². The van der Waals surface area contributed by atoms with Crippen molar-refractivity contribution in [3.05, 3.63) is 66.0 Å². The van der Waals surface area contributed by atoms with Crippen molar-refractivity contribution in [3.63, 3.8) is 0 Å². The molecule has 12 heteroatoms. The number of nitrogens with one attached hydrogen (secondary N) is 4. The van der Waals surface area contributed by atoms with Crippen LogP contribution in [-0.2, 0) is 32.3 Å². The molecule has 5 N–H and O–H groups in total. The van der Waals surface area contributed by atoms with E-state index in [1.54, 1.807) is 31.5 Å². The highest BCUT2D eigenvalue weighted by Crippen LogP contribution is 2.17. The summed E-state index contributed by atoms with van der Waals surface area (Å²) in [6.45, 7) is 9.71. The standard InChI is InChI=1S/C34H51N5O6S/c1-22(2)17-28(37-32(42)27(14-16-46-6)38-34(44)45-21-26-13-10-15-35-19-26)29(40)18-24(5)31(41)39-30(23(3)4)33(43)36-20-25-11-8-7-9-12-25/h7-13,15,19,22-24,27-30,40H,14,16-18,20-21H2,1-6H3,(H,36,43)(H,37,42)(H,38,44)(H,39,41)/t24-,27+,28+,29?,30+/m1/s1. The Morgan fingerprint density at radius 3 is 2.17 bits per heavy atom. The normalized spacial score (nSPS) is 14.5. The molecule has 0 saturated heterocycles. The van der Waals surface area contributed by atoms with Gasteiger partial charge in [0.15, 0.2) is 0 Å². The van der Waals surface area contributed by atoms with Gasteiger partial charge in [-0.1, -0.05) is 71.0 Å². The number of aromatic nitrogens is 1. The Labute approximate surface area is 277 Å². The average Bonchev–Trinajstić information content (AvgIpc) is 3.03. The van der Waals surface area contributed by atoms with Crippen LogP contribution in [0, 0.1) is 17.8 Å². The van der Waals surface area contributed by atoms with Crippen LogP contribution in [0.1, 0.15) is 65.0 Å². The Balaban J connectivity index is 2.00. The summed E-state index contributed by atoms with van der Waals surface area (Å²) in [6, 6.07) is 10.7. The van der Waals surface area contributed by atoms with Gasteiger partial charge in [0.2, 0.25) is 17.7 Å². The molecule has 0 saturated carbocycles. The number of carbonyl (C=O) groups is 4. The summed E-state index contributed by atoms with van der Waals surface area (Å²) in [4.78, 5) is 56.1. The molecule has 2 aromatic rings. The molecule has 0 spiro atoms. The minimum Gasteiger partial charge on any atom is -0.445 e. The number of carbonyl (C=O) groups excluding carboxylic acids is 4. The summed E-state index contributed by atoms with van der Waals surface area (Å²) in [7, 11) is 0. The number of aliphatic hydroxyl groups is 1. The van der Waals surface area contributed by atoms with E-state index in [4.69, 9.17) is 4.74 Å². The molecule has 2 rings (SSSR count). The van der Waals surface area contributed by atoms with E-state index in [2.05, 4.69) is 26.3 Å². The molecule has 0 fully saturated rings. The van der Waals surface area contributed by atoms with Crippen molar-refractivity contribution in [3.8, 4) is 0 Å². The van der Waals surface area contributed by atoms with E-state index in [-0.39, 0.29) is 36.7 Å². The number of thioether (sulfide) groups is 1. The number of rotatable bonds is 19. The molecule has 1 unspecified atom stereocenters. The van der Waals surface area contributed by atoms with Crippen LogP contribution in [-0.4, -0.2) is 70.1 Å². The fourth-order valence-corrected chi connectivity index (χ4v) is 5.25. The Morgan fingerprint density at radius 1 is 0.870 bits per heavy atom. The second kappa shape index (κ2) is 20.5. The van der Waals surface area contributed by atoms with Gasteiger partial charge in [0, 0.05) is 30.4 Å². The third kappa shape index (κ3) is 14.2. The minimum absolute atomic E-state index is 0.0114. The SMILES string of the molecule is CSCC[C@H](NC(=O)OCc1cccnc1)C(=O)N[C@@H](CC(C)C)C(O)C[C@@H](C)C(=O)N[C@H](C(=O)NCc1ccccc1)C(C)C. The third-order valence-corrected chi connectivity index (χ3v) is 8.07. The fourth-order valence-electron chi connectivity index (χ4n) is 4.78. The van der Waals surface area contributed by atoms with Crippen molar-refractivity contribution >= 4 is 35.6 Å². The summed E-state index contributed by atoms with van der Waals surface area (Å²) in [5, 5.41) is 22.5. The molecule has 0 aliphatic carbocycles. The van der Waals surface area contributed by atoms with Gasteiger partial charge in [-0.15, -0.1) is 0 Å². The molecule has 0 bridgehead atoms. The molecule has 0 aliphatic rings. The minimum atomic E-state index is -1.05. The second-order valence-corrected chi connectivity index (χ2v) is 13.3. The first kappa shape index (κ1) is 38.5. The van der Waals surface area contributed by atoms with E-state index in [0.717, 1.165) is 5.56 Å². The Hall–Kier alpha value is -3.64. The summed E-state index contributed by atoms with van der Waals surface area (Å²) >= 11 is 1.54. The highest BCUT2D eigenvalue weighted by molar-refractivity contribution is 7.98. The Kier molecular flexibility index (Phi) is 17.2. The van der Waals surface area contributed by atoms with Crippen LogP contribution < -0.4 is 21.3 Å². The van der Waals surface area contributed by atoms with E-state index in [1.807, 2.05) is 64.3 Å². The fraction of sp³-hybridized carbons (Fsp3) is 0.559. The van der Waals surface area contributed by atoms with E-state index in [1.165, 1.54) is 11.8 Å². The summed E-state index contributed by atoms with van der Waals surface area (Å²) in [6.07, 6.45) is 4.23. The molecule has 46 heavy (non-hydrogen) atoms. The van der Waals surface area contributed by atoms with Crippen LogP contribution in [0.25, 0.3) is 0 Å². The second-order valence-electron chi connectivity index (χ2n) is 12.3. The number of alkyl carbamates (subject to hydrolysis) is 1. The predicted octanol–water partition coefficient (Wildman–Crippen LogP) is 3.80. The van der Waals surface area contributed by atoms with Crippen LogP contribution >= 0.6 is 11.8 Å². The maximum atomic E-state index is 13.4. The van der Waals surface area contributed by atoms with Gasteiger partial charge in [-0.25, -0.2) is 4.79 Å². The number of hydrogen-bond donors (Lipinski definition) is 5. The maximum absolute atomic E-state index is 13.4. The van der Waals surface area contributed by atoms with E-state index in [9.17, 15) is 24.3 Å². The van der Waals surface area contributed by atoms with Gasteiger partial charge in [-0.05, 0) is 54.7 Å². The highest BCUT2D eigenvalue weighted by atomic mass is 32.2. The smallest absolute Gasteiger partial charge is 0.408 e. The number of ether oxygens (including phenoxy) is 1. The van der Waals surface area contributed by atoms with E-state index >= 15 is 0 Å². The van der Waals surface area contributed by atoms with Gasteiger partial charge in [-0.2, -0.15) is 11.8 Å². The van der Waals surface area contributed by atoms with Gasteiger partial charge in [0.05, 0.1) is 12.1 Å². The molecule has 1 aromatic heterocycles. The van der Waals surface area contributed by atoms with E-state index < -0.39 is 42.1 Å². The van der Waals surface area contributed by atoms with E-state index in [0.29, 0.717) is 30.7 Å². The molecule has 1 aromatic carbocycles. The third-order valence-electron chi connectivity index (χ3n) is 7.43. The van der Waals surface area contributed by atoms with Gasteiger partial charge >= 0.3 is 6.09 Å². The zero-order valence-corrected chi connectivity index (χ0v) is 28.6. The summed E-state index contributed by atoms with van der Waals surface area (Å²) in [5.74, 6) is -1.14. The van der Waals surface area contributed by atoms with Gasteiger partial charge in [0.25, 0.3) is 0 Å². The lowest BCUT2D eigenvalue weighted by Gasteiger charge is -2.30. The van der Waals surface area contributed by atoms with Crippen LogP contribution in [0.2, 0.25) is 0 Å². The van der Waals surface area contributed by atoms with Crippen molar-refractivity contribution in [1.29, 1.82) is 0 Å². The van der Waals surface area contributed by atoms with Crippen LogP contribution in [0.3, 0.4) is 0 Å². The molecule has 254 valence electrons. The number of aliphatic hydroxyl groups excluding tert-OH is 1. The molecular formula is C34H51N5O6S. The number of benzene rings is 1. The number of hydrogen-bond acceptors (Lipinski definition) is 8. The Bertz CT molecular complexity index is 1220. The lowest BCUT2D eigenvalue weighted by molar-refractivity contribution is -0.132. The quantitative estimate of drug-likeness (QED) is 0.153. The first-order valence-corrected chi connectivity index (χ1v) is 17.2. The van der Waals surface area contributed by atoms with Crippen molar-refractivity contribution < 1.29 is 29.0 Å². The summed E-state index contributed by atoms with van der Waals surface area (Å²) < 4.78 is 5.29. The average molecular weight is 658 g/mol. The lowest BCUT2D eigenvalue weighted by atomic mass is 9.91. The highest BCUT2D eigenvalue weighted by Gasteiger charge is 2.31. The van der Waals surface area contributed by atoms with Crippen LogP contribution in [0.15, 0.2) is 54.9 Å². The largest absolute Gasteiger partial charge is 0.445 e. The molecule has 1 heterocycles. The van der Waals surface area contributed by atoms with Gasteiger partial charge in [-0.3, -0.25) is 19.4 Å². The molecule has 5 atom stereocenters. The maximum Gasteiger partial charge on any atom is 0.408 e. The van der Waals surface area contributed by atoms with Gasteiger partial charge in [0.1, 0.15) is 18.7 Å². The molecule has 0 radical (unpaired) electrons. The lowest BCUT2D eigenvalue weighted by Crippen LogP contribution is -2.54. The summed E-state index contributed by atoms with van der Waals surface area (Å²) in [5.41, 5.74) is 1.67.